The van der Waals surface area contributed by atoms with Gasteiger partial charge in [-0.15, -0.1) is 0 Å². The molecule has 0 aliphatic rings. The van der Waals surface area contributed by atoms with Gasteiger partial charge in [0.1, 0.15) is 12.4 Å². The van der Waals surface area contributed by atoms with Gasteiger partial charge in [0.2, 0.25) is 0 Å². The van der Waals surface area contributed by atoms with Crippen molar-refractivity contribution in [2.24, 2.45) is 5.73 Å². The lowest BCUT2D eigenvalue weighted by molar-refractivity contribution is -0.145. The molecule has 0 aliphatic carbocycles. The summed E-state index contributed by atoms with van der Waals surface area (Å²) in [6, 6.07) is 9.29. The van der Waals surface area contributed by atoms with Crippen molar-refractivity contribution in [2.75, 3.05) is 0 Å². The van der Waals surface area contributed by atoms with Crippen LogP contribution in [-0.4, -0.2) is 12.0 Å². The maximum Gasteiger partial charge on any atom is 0.312 e. The summed E-state index contributed by atoms with van der Waals surface area (Å²) < 4.78 is 18.8. The quantitative estimate of drug-likeness (QED) is 0.739. The molecule has 0 saturated heterocycles. The number of ether oxygens (including phenoxy) is 1. The molecule has 0 saturated carbocycles. The van der Waals surface area contributed by atoms with Crippen LogP contribution < -0.4 is 11.1 Å². The molecule has 0 aliphatic heterocycles. The van der Waals surface area contributed by atoms with Gasteiger partial charge in [0.05, 0.1) is 17.5 Å². The molecule has 0 heterocycles. The van der Waals surface area contributed by atoms with Crippen LogP contribution in [0, 0.1) is 5.82 Å². The molecule has 2 aromatic rings. The second kappa shape index (κ2) is 8.69. The van der Waals surface area contributed by atoms with Crippen LogP contribution >= 0.6 is 23.2 Å². The van der Waals surface area contributed by atoms with Gasteiger partial charge in [-0.2, -0.15) is 0 Å². The number of hydrogen-bond acceptors (Lipinski definition) is 3. The molecule has 0 bridgehead atoms. The maximum absolute atomic E-state index is 13.7. The number of halogens is 3. The molecular weight excluding hydrogens is 370 g/mol. The van der Waals surface area contributed by atoms with E-state index in [4.69, 9.17) is 33.7 Å². The third-order valence-corrected chi connectivity index (χ3v) is 4.11. The lowest BCUT2D eigenvalue weighted by Crippen LogP contribution is -2.34. The number of hydrogen-bond donors (Lipinski definition) is 2. The van der Waals surface area contributed by atoms with Crippen LogP contribution in [0.3, 0.4) is 0 Å². The number of amides is 2. The van der Waals surface area contributed by atoms with E-state index in [0.29, 0.717) is 10.6 Å². The minimum Gasteiger partial charge on any atom is -0.461 e. The van der Waals surface area contributed by atoms with Gasteiger partial charge in [-0.05, 0) is 23.8 Å². The topological polar surface area (TPSA) is 81.4 Å². The molecule has 2 aromatic carbocycles. The number of rotatable bonds is 6. The van der Waals surface area contributed by atoms with E-state index >= 15 is 0 Å². The predicted octanol–water partition coefficient (Wildman–Crippen LogP) is 3.98. The third kappa shape index (κ3) is 5.34. The summed E-state index contributed by atoms with van der Waals surface area (Å²) in [4.78, 5) is 23.3. The Hall–Kier alpha value is -2.31. The van der Waals surface area contributed by atoms with Crippen LogP contribution in [0.25, 0.3) is 0 Å². The molecule has 0 fully saturated rings. The number of primary amides is 1. The van der Waals surface area contributed by atoms with E-state index in [1.807, 2.05) is 0 Å². The van der Waals surface area contributed by atoms with E-state index in [1.165, 1.54) is 18.2 Å². The van der Waals surface area contributed by atoms with Crippen molar-refractivity contribution < 1.29 is 18.7 Å². The molecule has 0 aromatic heterocycles. The highest BCUT2D eigenvalue weighted by atomic mass is 35.5. The van der Waals surface area contributed by atoms with Crippen molar-refractivity contribution in [1.82, 2.24) is 5.32 Å². The van der Waals surface area contributed by atoms with Gasteiger partial charge in [-0.25, -0.2) is 9.18 Å². The Morgan fingerprint density at radius 2 is 1.80 bits per heavy atom. The van der Waals surface area contributed by atoms with E-state index < -0.39 is 23.9 Å². The van der Waals surface area contributed by atoms with Crippen LogP contribution in [0.4, 0.5) is 9.18 Å². The SMILES string of the molecule is NC(=O)N[C@@H](CC(=O)OCc1c(F)cccc1Cl)c1ccccc1Cl. The maximum atomic E-state index is 13.7. The number of benzene rings is 2. The van der Waals surface area contributed by atoms with Gasteiger partial charge >= 0.3 is 12.0 Å². The van der Waals surface area contributed by atoms with Gasteiger partial charge in [-0.3, -0.25) is 4.79 Å². The first-order valence-electron chi connectivity index (χ1n) is 7.27. The Labute approximate surface area is 153 Å². The summed E-state index contributed by atoms with van der Waals surface area (Å²) >= 11 is 12.0. The zero-order valence-corrected chi connectivity index (χ0v) is 14.5. The Bertz CT molecular complexity index is 766. The van der Waals surface area contributed by atoms with Gasteiger partial charge in [0.25, 0.3) is 0 Å². The molecule has 132 valence electrons. The Morgan fingerprint density at radius 1 is 1.12 bits per heavy atom. The number of carbonyl (C=O) groups excluding carboxylic acids is 2. The number of esters is 1. The lowest BCUT2D eigenvalue weighted by Gasteiger charge is -2.18. The van der Waals surface area contributed by atoms with E-state index in [9.17, 15) is 14.0 Å². The van der Waals surface area contributed by atoms with Gasteiger partial charge < -0.3 is 15.8 Å². The van der Waals surface area contributed by atoms with E-state index in [-0.39, 0.29) is 23.6 Å². The smallest absolute Gasteiger partial charge is 0.312 e. The second-order valence-corrected chi connectivity index (χ2v) is 5.96. The minimum atomic E-state index is -0.810. The van der Waals surface area contributed by atoms with Crippen LogP contribution in [0.2, 0.25) is 10.0 Å². The van der Waals surface area contributed by atoms with Crippen LogP contribution in [0.15, 0.2) is 42.5 Å². The summed E-state index contributed by atoms with van der Waals surface area (Å²) in [5, 5.41) is 2.97. The number of carbonyl (C=O) groups is 2. The van der Waals surface area contributed by atoms with Crippen LogP contribution in [0.1, 0.15) is 23.6 Å². The molecule has 2 amide bonds. The Balaban J connectivity index is 2.07. The van der Waals surface area contributed by atoms with Crippen LogP contribution in [-0.2, 0) is 16.1 Å². The Morgan fingerprint density at radius 3 is 2.44 bits per heavy atom. The molecule has 8 heteroatoms. The first-order chi connectivity index (χ1) is 11.9. The first-order valence-corrected chi connectivity index (χ1v) is 8.03. The fraction of sp³-hybridized carbons (Fsp3) is 0.176. The van der Waals surface area contributed by atoms with Gasteiger partial charge in [-0.1, -0.05) is 47.5 Å². The summed E-state index contributed by atoms with van der Waals surface area (Å²) in [5.74, 6) is -1.24. The predicted molar refractivity (Wildman–Crippen MR) is 92.7 cm³/mol. The molecule has 3 N–H and O–H groups in total. The fourth-order valence-corrected chi connectivity index (χ4v) is 2.70. The highest BCUT2D eigenvalue weighted by Gasteiger charge is 2.21. The zero-order chi connectivity index (χ0) is 18.4. The molecule has 0 spiro atoms. The summed E-state index contributed by atoms with van der Waals surface area (Å²) in [7, 11) is 0. The van der Waals surface area contributed by atoms with Crippen molar-refractivity contribution in [3.63, 3.8) is 0 Å². The highest BCUT2D eigenvalue weighted by molar-refractivity contribution is 6.31. The summed E-state index contributed by atoms with van der Waals surface area (Å²) in [6.45, 7) is -0.323. The average Bonchev–Trinajstić information content (AvgIpc) is 2.54. The van der Waals surface area contributed by atoms with Crippen LogP contribution in [0.5, 0.6) is 0 Å². The molecule has 25 heavy (non-hydrogen) atoms. The Kier molecular flexibility index (Phi) is 6.61. The van der Waals surface area contributed by atoms with Crippen molar-refractivity contribution in [1.29, 1.82) is 0 Å². The van der Waals surface area contributed by atoms with Gasteiger partial charge in [0, 0.05) is 10.6 Å². The number of nitrogens with one attached hydrogen (secondary N) is 1. The average molecular weight is 385 g/mol. The van der Waals surface area contributed by atoms with Crippen molar-refractivity contribution in [3.8, 4) is 0 Å². The highest BCUT2D eigenvalue weighted by Crippen LogP contribution is 2.26. The molecule has 0 unspecified atom stereocenters. The second-order valence-electron chi connectivity index (χ2n) is 5.15. The minimum absolute atomic E-state index is 0.0784. The molecule has 0 radical (unpaired) electrons. The summed E-state index contributed by atoms with van der Waals surface area (Å²) in [6.07, 6.45) is -0.223. The monoisotopic (exact) mass is 384 g/mol. The molecule has 2 rings (SSSR count). The fourth-order valence-electron chi connectivity index (χ4n) is 2.22. The van der Waals surface area contributed by atoms with E-state index in [1.54, 1.807) is 24.3 Å². The molecule has 1 atom stereocenters. The van der Waals surface area contributed by atoms with Gasteiger partial charge in [0.15, 0.2) is 0 Å². The number of urea groups is 1. The number of nitrogens with two attached hydrogens (primary N) is 1. The third-order valence-electron chi connectivity index (χ3n) is 3.41. The van der Waals surface area contributed by atoms with Crippen molar-refractivity contribution >= 4 is 35.2 Å². The van der Waals surface area contributed by atoms with Crippen molar-refractivity contribution in [2.45, 2.75) is 19.1 Å². The summed E-state index contributed by atoms with van der Waals surface area (Å²) in [5.41, 5.74) is 5.74. The molecular formula is C17H15Cl2FN2O3. The zero-order valence-electron chi connectivity index (χ0n) is 13.0. The lowest BCUT2D eigenvalue weighted by atomic mass is 10.0. The van der Waals surface area contributed by atoms with Crippen molar-refractivity contribution in [3.05, 3.63) is 69.5 Å². The largest absolute Gasteiger partial charge is 0.461 e. The van der Waals surface area contributed by atoms with E-state index in [2.05, 4.69) is 5.32 Å². The normalized spacial score (nSPS) is 11.6. The standard InChI is InChI=1S/C17H15Cl2FN2O3/c18-12-5-2-1-4-10(12)15(22-17(21)24)8-16(23)25-9-11-13(19)6-3-7-14(11)20/h1-7,15H,8-9H2,(H3,21,22,24)/t15-/m0/s1. The van der Waals surface area contributed by atoms with E-state index in [0.717, 1.165) is 0 Å². The first kappa shape index (κ1) is 19.0. The molecule has 5 nitrogen and oxygen atoms in total.